The number of thioether (sulfide) groups is 1. The molecule has 1 aromatic rings. The largest absolute Gasteiger partial charge is 0.392 e. The fourth-order valence-corrected chi connectivity index (χ4v) is 4.94. The number of hydrogen-bond acceptors (Lipinski definition) is 7. The van der Waals surface area contributed by atoms with Gasteiger partial charge in [0.05, 0.1) is 17.0 Å². The van der Waals surface area contributed by atoms with Gasteiger partial charge in [-0.1, -0.05) is 0 Å². The maximum atomic E-state index is 11.9. The second kappa shape index (κ2) is 4.73. The van der Waals surface area contributed by atoms with Crippen LogP contribution in [-0.4, -0.2) is 47.9 Å². The molecule has 1 aliphatic heterocycles. The van der Waals surface area contributed by atoms with Gasteiger partial charge >= 0.3 is 5.69 Å². The van der Waals surface area contributed by atoms with Gasteiger partial charge in [0.1, 0.15) is 17.3 Å². The molecule has 1 spiro atoms. The summed E-state index contributed by atoms with van der Waals surface area (Å²) in [5.74, 6) is 0.111. The molecule has 0 radical (unpaired) electrons. The molecule has 20 heavy (non-hydrogen) atoms. The Kier molecular flexibility index (Phi) is 3.28. The minimum absolute atomic E-state index is 0.111. The molecule has 0 unspecified atom stereocenters. The van der Waals surface area contributed by atoms with Crippen molar-refractivity contribution in [2.75, 3.05) is 5.73 Å². The molecule has 0 bridgehead atoms. The van der Waals surface area contributed by atoms with Crippen molar-refractivity contribution in [3.8, 4) is 0 Å². The molecule has 5 atom stereocenters. The van der Waals surface area contributed by atoms with E-state index < -0.39 is 34.1 Å². The lowest BCUT2D eigenvalue weighted by molar-refractivity contribution is -0.0258. The van der Waals surface area contributed by atoms with Gasteiger partial charge in [0, 0.05) is 6.20 Å². The zero-order valence-corrected chi connectivity index (χ0v) is 11.5. The van der Waals surface area contributed by atoms with E-state index in [4.69, 9.17) is 5.73 Å². The average molecular weight is 299 g/mol. The van der Waals surface area contributed by atoms with Crippen molar-refractivity contribution in [2.24, 2.45) is 0 Å². The summed E-state index contributed by atoms with van der Waals surface area (Å²) in [5.41, 5.74) is 4.87. The maximum Gasteiger partial charge on any atom is 0.350 e. The van der Waals surface area contributed by atoms with Crippen molar-refractivity contribution in [3.63, 3.8) is 0 Å². The molecular formula is C12H17N3O4S. The first-order valence-electron chi connectivity index (χ1n) is 6.52. The topological polar surface area (TPSA) is 122 Å². The minimum Gasteiger partial charge on any atom is -0.392 e. The molecule has 3 rings (SSSR count). The molecule has 7 nitrogen and oxygen atoms in total. The van der Waals surface area contributed by atoms with E-state index in [0.29, 0.717) is 12.8 Å². The third-order valence-corrected chi connectivity index (χ3v) is 6.10. The van der Waals surface area contributed by atoms with Gasteiger partial charge in [-0.05, 0) is 25.3 Å². The van der Waals surface area contributed by atoms with E-state index in [0.717, 1.165) is 6.42 Å². The highest BCUT2D eigenvalue weighted by Gasteiger charge is 2.59. The van der Waals surface area contributed by atoms with Crippen molar-refractivity contribution in [1.82, 2.24) is 9.55 Å². The molecule has 2 heterocycles. The lowest BCUT2D eigenvalue weighted by Gasteiger charge is -2.30. The summed E-state index contributed by atoms with van der Waals surface area (Å²) in [7, 11) is 0. The van der Waals surface area contributed by atoms with E-state index in [-0.39, 0.29) is 5.82 Å². The Hall–Kier alpha value is -1.09. The van der Waals surface area contributed by atoms with Crippen LogP contribution in [0, 0.1) is 0 Å². The third kappa shape index (κ3) is 1.86. The van der Waals surface area contributed by atoms with Gasteiger partial charge < -0.3 is 21.1 Å². The van der Waals surface area contributed by atoms with Crippen LogP contribution in [0.25, 0.3) is 0 Å². The number of anilines is 1. The Morgan fingerprint density at radius 3 is 2.80 bits per heavy atom. The first-order chi connectivity index (χ1) is 9.45. The number of nitrogens with two attached hydrogens (primary N) is 1. The molecule has 1 saturated carbocycles. The number of nitrogen functional groups attached to an aromatic ring is 1. The quantitative estimate of drug-likeness (QED) is 0.529. The SMILES string of the molecule is Nc1ccn([C@@H]2S[C@]3(CCC[C@H]3O)[C@@H](O)[C@H]2O)c(=O)n1. The van der Waals surface area contributed by atoms with Crippen molar-refractivity contribution in [1.29, 1.82) is 0 Å². The number of aliphatic hydroxyl groups is 3. The zero-order valence-electron chi connectivity index (χ0n) is 10.7. The average Bonchev–Trinajstić information content (AvgIpc) is 2.88. The molecule has 2 fully saturated rings. The monoisotopic (exact) mass is 299 g/mol. The Bertz CT molecular complexity index is 580. The number of aliphatic hydroxyl groups excluding tert-OH is 3. The number of aromatic nitrogens is 2. The molecule has 5 N–H and O–H groups in total. The van der Waals surface area contributed by atoms with E-state index in [9.17, 15) is 20.1 Å². The normalized spacial score (nSPS) is 40.5. The zero-order chi connectivity index (χ0) is 14.5. The van der Waals surface area contributed by atoms with Crippen LogP contribution >= 0.6 is 11.8 Å². The lowest BCUT2D eigenvalue weighted by atomic mass is 9.94. The molecule has 1 aliphatic carbocycles. The van der Waals surface area contributed by atoms with Gasteiger partial charge in [-0.25, -0.2) is 4.79 Å². The van der Waals surface area contributed by atoms with E-state index in [2.05, 4.69) is 4.98 Å². The van der Waals surface area contributed by atoms with Crippen LogP contribution in [0.15, 0.2) is 17.1 Å². The van der Waals surface area contributed by atoms with Crippen LogP contribution in [0.4, 0.5) is 5.82 Å². The smallest absolute Gasteiger partial charge is 0.350 e. The highest BCUT2D eigenvalue weighted by molar-refractivity contribution is 8.01. The van der Waals surface area contributed by atoms with Crippen molar-refractivity contribution in [2.45, 2.75) is 47.7 Å². The lowest BCUT2D eigenvalue weighted by Crippen LogP contribution is -2.46. The summed E-state index contributed by atoms with van der Waals surface area (Å²) in [4.78, 5) is 15.5. The molecule has 1 aromatic heterocycles. The summed E-state index contributed by atoms with van der Waals surface area (Å²) >= 11 is 1.25. The van der Waals surface area contributed by atoms with Crippen LogP contribution in [0.1, 0.15) is 24.6 Å². The molecule has 0 aromatic carbocycles. The van der Waals surface area contributed by atoms with Gasteiger partial charge in [0.15, 0.2) is 0 Å². The molecule has 0 amide bonds. The second-order valence-electron chi connectivity index (χ2n) is 5.35. The maximum absolute atomic E-state index is 11.9. The van der Waals surface area contributed by atoms with E-state index in [1.54, 1.807) is 0 Å². The van der Waals surface area contributed by atoms with Crippen molar-refractivity contribution >= 4 is 17.6 Å². The Morgan fingerprint density at radius 2 is 2.20 bits per heavy atom. The summed E-state index contributed by atoms with van der Waals surface area (Å²) in [6, 6.07) is 1.47. The standard InChI is InChI=1S/C12H17N3O4S/c13-7-3-5-15(11(19)14-7)10-8(17)9(18)12(20-10)4-1-2-6(12)16/h3,5-6,8-10,16-18H,1-2,4H2,(H2,13,14,19)/t6-,8-,9+,10-,12+/m1/s1. The highest BCUT2D eigenvalue weighted by Crippen LogP contribution is 2.56. The summed E-state index contributed by atoms with van der Waals surface area (Å²) in [5, 5.41) is 30.0. The van der Waals surface area contributed by atoms with Crippen molar-refractivity contribution in [3.05, 3.63) is 22.7 Å². The van der Waals surface area contributed by atoms with E-state index in [1.165, 1.54) is 28.6 Å². The predicted molar refractivity (Wildman–Crippen MR) is 74.1 cm³/mol. The van der Waals surface area contributed by atoms with Crippen LogP contribution in [-0.2, 0) is 0 Å². The van der Waals surface area contributed by atoms with Crippen LogP contribution in [0.2, 0.25) is 0 Å². The molecule has 2 aliphatic rings. The minimum atomic E-state index is -1.13. The molecule has 8 heteroatoms. The fourth-order valence-electron chi connectivity index (χ4n) is 3.12. The predicted octanol–water partition coefficient (Wildman–Crippen LogP) is -0.924. The Morgan fingerprint density at radius 1 is 1.45 bits per heavy atom. The van der Waals surface area contributed by atoms with Gasteiger partial charge in [-0.15, -0.1) is 11.8 Å². The summed E-state index contributed by atoms with van der Waals surface area (Å²) in [6.45, 7) is 0. The first-order valence-corrected chi connectivity index (χ1v) is 7.40. The van der Waals surface area contributed by atoms with E-state index >= 15 is 0 Å². The number of hydrogen-bond donors (Lipinski definition) is 4. The molecule has 110 valence electrons. The van der Waals surface area contributed by atoms with Crippen LogP contribution in [0.3, 0.4) is 0 Å². The van der Waals surface area contributed by atoms with Gasteiger partial charge in [-0.2, -0.15) is 4.98 Å². The van der Waals surface area contributed by atoms with E-state index in [1.807, 2.05) is 0 Å². The summed E-state index contributed by atoms with van der Waals surface area (Å²) < 4.78 is 0.458. The highest BCUT2D eigenvalue weighted by atomic mass is 32.2. The van der Waals surface area contributed by atoms with Gasteiger partial charge in [0.25, 0.3) is 0 Å². The van der Waals surface area contributed by atoms with Gasteiger partial charge in [0.2, 0.25) is 0 Å². The number of nitrogens with zero attached hydrogens (tertiary/aromatic N) is 2. The fraction of sp³-hybridized carbons (Fsp3) is 0.667. The number of rotatable bonds is 1. The Labute approximate surface area is 119 Å². The van der Waals surface area contributed by atoms with Gasteiger partial charge in [-0.3, -0.25) is 4.57 Å². The van der Waals surface area contributed by atoms with Crippen LogP contribution in [0.5, 0.6) is 0 Å². The molecular weight excluding hydrogens is 282 g/mol. The second-order valence-corrected chi connectivity index (χ2v) is 6.83. The first kappa shape index (κ1) is 13.9. The van der Waals surface area contributed by atoms with Crippen molar-refractivity contribution < 1.29 is 15.3 Å². The Balaban J connectivity index is 1.98. The third-order valence-electron chi connectivity index (χ3n) is 4.19. The van der Waals surface area contributed by atoms with Crippen LogP contribution < -0.4 is 11.4 Å². The summed E-state index contributed by atoms with van der Waals surface area (Å²) in [6.07, 6.45) is 0.580. The molecule has 1 saturated heterocycles.